The Balaban J connectivity index is 1.77. The van der Waals surface area contributed by atoms with Crippen LogP contribution in [0.15, 0.2) is 73.1 Å². The van der Waals surface area contributed by atoms with E-state index in [1.165, 1.54) is 5.69 Å². The lowest BCUT2D eigenvalue weighted by molar-refractivity contribution is 0.272. The predicted octanol–water partition coefficient (Wildman–Crippen LogP) is 3.41. The van der Waals surface area contributed by atoms with Crippen LogP contribution >= 0.6 is 12.2 Å². The summed E-state index contributed by atoms with van der Waals surface area (Å²) in [5.41, 5.74) is 3.35. The highest BCUT2D eigenvalue weighted by Crippen LogP contribution is 2.39. The first-order valence-electron chi connectivity index (χ1n) is 9.50. The van der Waals surface area contributed by atoms with Crippen LogP contribution < -0.4 is 5.32 Å². The van der Waals surface area contributed by atoms with Gasteiger partial charge in [0.1, 0.15) is 0 Å². The molecule has 3 heterocycles. The van der Waals surface area contributed by atoms with Crippen LogP contribution in [-0.4, -0.2) is 51.6 Å². The molecule has 1 aliphatic rings. The molecule has 0 bridgehead atoms. The van der Waals surface area contributed by atoms with Gasteiger partial charge in [0.2, 0.25) is 0 Å². The lowest BCUT2D eigenvalue weighted by Gasteiger charge is -2.29. The molecule has 0 spiro atoms. The molecule has 5 nitrogen and oxygen atoms in total. The minimum Gasteiger partial charge on any atom is -0.352 e. The third-order valence-corrected chi connectivity index (χ3v) is 5.46. The van der Waals surface area contributed by atoms with E-state index in [4.69, 9.17) is 12.2 Å². The van der Waals surface area contributed by atoms with Gasteiger partial charge in [-0.2, -0.15) is 0 Å². The second-order valence-corrected chi connectivity index (χ2v) is 7.65. The lowest BCUT2D eigenvalue weighted by Crippen LogP contribution is -2.36. The van der Waals surface area contributed by atoms with Crippen molar-refractivity contribution >= 4 is 17.3 Å². The fourth-order valence-electron chi connectivity index (χ4n) is 3.73. The summed E-state index contributed by atoms with van der Waals surface area (Å²) >= 11 is 5.74. The average Bonchev–Trinajstić information content (AvgIpc) is 3.32. The van der Waals surface area contributed by atoms with Crippen LogP contribution in [0, 0.1) is 0 Å². The van der Waals surface area contributed by atoms with E-state index in [1.54, 1.807) is 0 Å². The molecule has 0 saturated carbocycles. The van der Waals surface area contributed by atoms with Crippen molar-refractivity contribution in [2.45, 2.75) is 12.1 Å². The topological polar surface area (TPSA) is 36.3 Å². The summed E-state index contributed by atoms with van der Waals surface area (Å²) in [5, 5.41) is 4.30. The van der Waals surface area contributed by atoms with Gasteiger partial charge in [0, 0.05) is 36.9 Å². The second kappa shape index (κ2) is 8.12. The summed E-state index contributed by atoms with van der Waals surface area (Å²) in [4.78, 5) is 9.10. The number of thiocarbonyl (C=S) groups is 1. The van der Waals surface area contributed by atoms with Gasteiger partial charge >= 0.3 is 0 Å². The van der Waals surface area contributed by atoms with Crippen molar-refractivity contribution in [3.63, 3.8) is 0 Å². The Morgan fingerprint density at radius 1 is 1.04 bits per heavy atom. The SMILES string of the molecule is CN(C)CCN1C(=S)N[C@@H](c2ccccn2)[C@H]1c1cccn1-c1ccccc1. The number of para-hydroxylation sites is 1. The van der Waals surface area contributed by atoms with E-state index in [1.807, 2.05) is 24.4 Å². The number of hydrogen-bond donors (Lipinski definition) is 1. The Morgan fingerprint density at radius 2 is 1.82 bits per heavy atom. The number of aromatic nitrogens is 2. The van der Waals surface area contributed by atoms with Crippen molar-refractivity contribution in [2.24, 2.45) is 0 Å². The maximum absolute atomic E-state index is 5.74. The van der Waals surface area contributed by atoms with E-state index in [0.29, 0.717) is 0 Å². The number of likely N-dealkylation sites (N-methyl/N-ethyl adjacent to an activating group) is 1. The second-order valence-electron chi connectivity index (χ2n) is 7.26. The highest BCUT2D eigenvalue weighted by Gasteiger charge is 2.41. The van der Waals surface area contributed by atoms with Gasteiger partial charge in [0.25, 0.3) is 0 Å². The molecular weight excluding hydrogens is 366 g/mol. The first-order valence-corrected chi connectivity index (χ1v) is 9.91. The number of hydrogen-bond acceptors (Lipinski definition) is 3. The van der Waals surface area contributed by atoms with Crippen LogP contribution in [-0.2, 0) is 0 Å². The van der Waals surface area contributed by atoms with E-state index in [0.717, 1.165) is 29.6 Å². The van der Waals surface area contributed by atoms with Crippen molar-refractivity contribution in [1.29, 1.82) is 0 Å². The normalized spacial score (nSPS) is 19.2. The third-order valence-electron chi connectivity index (χ3n) is 5.10. The molecule has 0 aliphatic carbocycles. The number of nitrogens with one attached hydrogen (secondary N) is 1. The molecule has 2 aromatic heterocycles. The van der Waals surface area contributed by atoms with Gasteiger partial charge in [-0.25, -0.2) is 0 Å². The monoisotopic (exact) mass is 391 g/mol. The minimum absolute atomic E-state index is 0.00762. The zero-order valence-electron chi connectivity index (χ0n) is 16.2. The van der Waals surface area contributed by atoms with E-state index in [-0.39, 0.29) is 12.1 Å². The Morgan fingerprint density at radius 3 is 2.54 bits per heavy atom. The van der Waals surface area contributed by atoms with Gasteiger partial charge in [-0.3, -0.25) is 4.98 Å². The Hall–Kier alpha value is -2.70. The molecule has 1 aromatic carbocycles. The Kier molecular flexibility index (Phi) is 5.41. The molecule has 4 rings (SSSR count). The van der Waals surface area contributed by atoms with Gasteiger partial charge in [0.15, 0.2) is 5.11 Å². The first-order chi connectivity index (χ1) is 13.6. The smallest absolute Gasteiger partial charge is 0.170 e. The number of benzene rings is 1. The Labute approximate surface area is 171 Å². The van der Waals surface area contributed by atoms with Crippen LogP contribution in [0.3, 0.4) is 0 Å². The van der Waals surface area contributed by atoms with Crippen molar-refractivity contribution in [3.05, 3.63) is 84.4 Å². The summed E-state index contributed by atoms with van der Waals surface area (Å²) in [6, 6.07) is 20.8. The molecule has 2 atom stereocenters. The molecule has 0 amide bonds. The lowest BCUT2D eigenvalue weighted by atomic mass is 10.0. The molecule has 0 radical (unpaired) electrons. The number of pyridine rings is 1. The summed E-state index contributed by atoms with van der Waals surface area (Å²) in [6.45, 7) is 1.78. The van der Waals surface area contributed by atoms with Crippen LogP contribution in [0.25, 0.3) is 5.69 Å². The molecular formula is C22H25N5S. The maximum atomic E-state index is 5.74. The van der Waals surface area contributed by atoms with Gasteiger partial charge < -0.3 is 19.7 Å². The van der Waals surface area contributed by atoms with Gasteiger partial charge in [-0.15, -0.1) is 0 Å². The van der Waals surface area contributed by atoms with Gasteiger partial charge in [-0.05, 0) is 62.7 Å². The molecule has 1 saturated heterocycles. The standard InChI is InChI=1S/C22H25N5S/c1-25(2)15-16-27-21(20(24-22(27)28)18-11-6-7-13-23-18)19-12-8-14-26(19)17-9-4-3-5-10-17/h3-14,20-21H,15-16H2,1-2H3,(H,24,28)/t20-,21+/m0/s1. The molecule has 1 N–H and O–H groups in total. The van der Waals surface area contributed by atoms with E-state index >= 15 is 0 Å². The van der Waals surface area contributed by atoms with E-state index in [9.17, 15) is 0 Å². The van der Waals surface area contributed by atoms with Gasteiger partial charge in [0.05, 0.1) is 17.8 Å². The number of rotatable bonds is 6. The quantitative estimate of drug-likeness (QED) is 0.652. The largest absolute Gasteiger partial charge is 0.352 e. The molecule has 144 valence electrons. The summed E-state index contributed by atoms with van der Waals surface area (Å²) < 4.78 is 2.25. The molecule has 3 aromatic rings. The summed E-state index contributed by atoms with van der Waals surface area (Å²) in [7, 11) is 4.18. The van der Waals surface area contributed by atoms with E-state index < -0.39 is 0 Å². The van der Waals surface area contributed by atoms with Crippen LogP contribution in [0.5, 0.6) is 0 Å². The molecule has 1 fully saturated rings. The molecule has 1 aliphatic heterocycles. The Bertz CT molecular complexity index is 922. The van der Waals surface area contributed by atoms with Crippen molar-refractivity contribution in [2.75, 3.05) is 27.2 Å². The van der Waals surface area contributed by atoms with E-state index in [2.05, 4.69) is 87.4 Å². The summed E-state index contributed by atoms with van der Waals surface area (Å²) in [6.07, 6.45) is 3.96. The van der Waals surface area contributed by atoms with Crippen LogP contribution in [0.4, 0.5) is 0 Å². The molecule has 0 unspecified atom stereocenters. The zero-order chi connectivity index (χ0) is 19.5. The maximum Gasteiger partial charge on any atom is 0.170 e. The van der Waals surface area contributed by atoms with Crippen molar-refractivity contribution < 1.29 is 0 Å². The predicted molar refractivity (Wildman–Crippen MR) is 116 cm³/mol. The minimum atomic E-state index is 0.00762. The van der Waals surface area contributed by atoms with Crippen LogP contribution in [0.2, 0.25) is 0 Å². The number of nitrogens with zero attached hydrogens (tertiary/aromatic N) is 4. The van der Waals surface area contributed by atoms with Crippen molar-refractivity contribution in [1.82, 2.24) is 24.7 Å². The average molecular weight is 392 g/mol. The first kappa shape index (κ1) is 18.7. The van der Waals surface area contributed by atoms with Crippen molar-refractivity contribution in [3.8, 4) is 5.69 Å². The summed E-state index contributed by atoms with van der Waals surface area (Å²) in [5.74, 6) is 0. The van der Waals surface area contributed by atoms with Gasteiger partial charge in [-0.1, -0.05) is 24.3 Å². The zero-order valence-corrected chi connectivity index (χ0v) is 17.0. The molecule has 28 heavy (non-hydrogen) atoms. The third kappa shape index (κ3) is 3.66. The van der Waals surface area contributed by atoms with Crippen LogP contribution in [0.1, 0.15) is 23.5 Å². The highest BCUT2D eigenvalue weighted by atomic mass is 32.1. The highest BCUT2D eigenvalue weighted by molar-refractivity contribution is 7.80. The fraction of sp³-hybridized carbons (Fsp3) is 0.273. The molecule has 6 heteroatoms. The fourth-order valence-corrected chi connectivity index (χ4v) is 4.07.